The lowest BCUT2D eigenvalue weighted by atomic mass is 10.2. The molecule has 1 heterocycles. The average molecular weight is 350 g/mol. The topological polar surface area (TPSA) is 51.5 Å². The number of nitrogens with zero attached hydrogens (tertiary/aromatic N) is 2. The summed E-state index contributed by atoms with van der Waals surface area (Å²) >= 11 is 1.39. The normalized spacial score (nSPS) is 10.9. The van der Waals surface area contributed by atoms with Crippen LogP contribution in [0.2, 0.25) is 0 Å². The Morgan fingerprint density at radius 1 is 1.16 bits per heavy atom. The lowest BCUT2D eigenvalue weighted by Crippen LogP contribution is -1.97. The van der Waals surface area contributed by atoms with Gasteiger partial charge in [-0.05, 0) is 12.5 Å². The summed E-state index contributed by atoms with van der Waals surface area (Å²) in [6.07, 6.45) is 3.32. The van der Waals surface area contributed by atoms with Gasteiger partial charge in [0.05, 0.1) is 17.5 Å². The van der Waals surface area contributed by atoms with Gasteiger partial charge in [0.2, 0.25) is 0 Å². The van der Waals surface area contributed by atoms with Crippen molar-refractivity contribution in [2.75, 3.05) is 0 Å². The van der Waals surface area contributed by atoms with Crippen molar-refractivity contribution in [1.29, 1.82) is 0 Å². The number of thiazole rings is 1. The first-order valence-electron chi connectivity index (χ1n) is 7.96. The molecule has 0 aliphatic carbocycles. The van der Waals surface area contributed by atoms with E-state index < -0.39 is 0 Å². The van der Waals surface area contributed by atoms with Crippen molar-refractivity contribution in [2.24, 2.45) is 5.16 Å². The largest absolute Gasteiger partial charge is 0.391 e. The Kier molecular flexibility index (Phi) is 5.69. The van der Waals surface area contributed by atoms with Crippen LogP contribution in [-0.4, -0.2) is 17.0 Å². The number of aromatic nitrogens is 1. The summed E-state index contributed by atoms with van der Waals surface area (Å²) in [4.78, 5) is 22.4. The Bertz CT molecular complexity index is 855. The van der Waals surface area contributed by atoms with E-state index in [4.69, 9.17) is 4.84 Å². The number of hydrogen-bond acceptors (Lipinski definition) is 5. The van der Waals surface area contributed by atoms with Gasteiger partial charge in [0.15, 0.2) is 5.78 Å². The summed E-state index contributed by atoms with van der Waals surface area (Å²) in [6.45, 7) is 2.43. The highest BCUT2D eigenvalue weighted by molar-refractivity contribution is 7.17. The molecule has 0 N–H and O–H groups in total. The molecule has 5 heteroatoms. The fraction of sp³-hybridized carbons (Fsp3) is 0.150. The zero-order valence-corrected chi connectivity index (χ0v) is 14.7. The van der Waals surface area contributed by atoms with Crippen LogP contribution in [-0.2, 0) is 11.4 Å². The molecular weight excluding hydrogens is 332 g/mol. The lowest BCUT2D eigenvalue weighted by molar-refractivity contribution is 0.1000. The van der Waals surface area contributed by atoms with Gasteiger partial charge in [-0.25, -0.2) is 4.98 Å². The standard InChI is InChI=1S/C20H18N2O2S/c1-15-7-9-16(10-8-15)14-24-22-12-11-18(23)19-13-21-20(25-19)17-5-3-2-4-6-17/h2-10,12-13H,11,14H2,1H3/b22-12+. The third-order valence-corrected chi connectivity index (χ3v) is 4.67. The molecule has 3 rings (SSSR count). The Morgan fingerprint density at radius 2 is 1.92 bits per heavy atom. The van der Waals surface area contributed by atoms with E-state index in [9.17, 15) is 4.79 Å². The van der Waals surface area contributed by atoms with Crippen LogP contribution >= 0.6 is 11.3 Å². The molecule has 3 aromatic rings. The number of oxime groups is 1. The zero-order valence-electron chi connectivity index (χ0n) is 13.9. The Balaban J connectivity index is 1.49. The zero-order chi connectivity index (χ0) is 17.5. The van der Waals surface area contributed by atoms with Crippen molar-refractivity contribution in [3.8, 4) is 10.6 Å². The molecule has 0 spiro atoms. The summed E-state index contributed by atoms with van der Waals surface area (Å²) in [5.74, 6) is -0.0117. The van der Waals surface area contributed by atoms with Crippen molar-refractivity contribution < 1.29 is 9.63 Å². The second kappa shape index (κ2) is 8.35. The fourth-order valence-corrected chi connectivity index (χ4v) is 3.06. The Morgan fingerprint density at radius 3 is 2.68 bits per heavy atom. The van der Waals surface area contributed by atoms with E-state index in [1.54, 1.807) is 6.20 Å². The molecule has 0 bridgehead atoms. The molecule has 0 unspecified atom stereocenters. The van der Waals surface area contributed by atoms with Crippen LogP contribution in [0, 0.1) is 6.92 Å². The van der Waals surface area contributed by atoms with E-state index in [0.29, 0.717) is 11.5 Å². The van der Waals surface area contributed by atoms with Gasteiger partial charge in [-0.15, -0.1) is 11.3 Å². The molecule has 0 saturated carbocycles. The first-order valence-corrected chi connectivity index (χ1v) is 8.78. The van der Waals surface area contributed by atoms with Crippen molar-refractivity contribution in [1.82, 2.24) is 4.98 Å². The van der Waals surface area contributed by atoms with Crippen LogP contribution in [0.4, 0.5) is 0 Å². The minimum atomic E-state index is -0.0117. The summed E-state index contributed by atoms with van der Waals surface area (Å²) < 4.78 is 0. The molecule has 0 aliphatic heterocycles. The molecule has 0 amide bonds. The third-order valence-electron chi connectivity index (χ3n) is 3.58. The highest BCUT2D eigenvalue weighted by atomic mass is 32.1. The maximum absolute atomic E-state index is 12.2. The SMILES string of the molecule is Cc1ccc(CO/N=C/CC(=O)c2cnc(-c3ccccc3)s2)cc1. The van der Waals surface area contributed by atoms with E-state index in [1.165, 1.54) is 23.1 Å². The van der Waals surface area contributed by atoms with Gasteiger partial charge < -0.3 is 4.84 Å². The first kappa shape index (κ1) is 17.0. The number of carbonyl (C=O) groups is 1. The van der Waals surface area contributed by atoms with Gasteiger partial charge in [-0.1, -0.05) is 65.3 Å². The highest BCUT2D eigenvalue weighted by Gasteiger charge is 2.10. The first-order chi connectivity index (χ1) is 12.2. The average Bonchev–Trinajstić information content (AvgIpc) is 3.14. The predicted molar refractivity (Wildman–Crippen MR) is 101 cm³/mol. The van der Waals surface area contributed by atoms with Crippen LogP contribution < -0.4 is 0 Å². The number of carbonyl (C=O) groups excluding carboxylic acids is 1. The molecule has 0 saturated heterocycles. The quantitative estimate of drug-likeness (QED) is 0.346. The number of aryl methyl sites for hydroxylation is 1. The van der Waals surface area contributed by atoms with Crippen LogP contribution in [0.1, 0.15) is 27.2 Å². The summed E-state index contributed by atoms with van der Waals surface area (Å²) in [5, 5.41) is 4.70. The third kappa shape index (κ3) is 4.84. The molecule has 0 aliphatic rings. The second-order valence-corrected chi connectivity index (χ2v) is 6.60. The van der Waals surface area contributed by atoms with Crippen molar-refractivity contribution in [3.05, 3.63) is 76.8 Å². The van der Waals surface area contributed by atoms with Gasteiger partial charge in [0.25, 0.3) is 0 Å². The number of benzene rings is 2. The number of rotatable bonds is 7. The molecule has 2 aromatic carbocycles. The van der Waals surface area contributed by atoms with E-state index in [1.807, 2.05) is 61.5 Å². The van der Waals surface area contributed by atoms with E-state index >= 15 is 0 Å². The summed E-state index contributed by atoms with van der Waals surface area (Å²) in [6, 6.07) is 17.9. The second-order valence-electron chi connectivity index (χ2n) is 5.57. The molecule has 126 valence electrons. The van der Waals surface area contributed by atoms with Gasteiger partial charge in [-0.3, -0.25) is 4.79 Å². The van der Waals surface area contributed by atoms with Gasteiger partial charge >= 0.3 is 0 Å². The minimum absolute atomic E-state index is 0.0117. The van der Waals surface area contributed by atoms with E-state index in [0.717, 1.165) is 16.1 Å². The summed E-state index contributed by atoms with van der Waals surface area (Å²) in [5.41, 5.74) is 3.27. The fourth-order valence-electron chi connectivity index (χ4n) is 2.19. The monoisotopic (exact) mass is 350 g/mol. The lowest BCUT2D eigenvalue weighted by Gasteiger charge is -2.00. The maximum atomic E-state index is 12.2. The molecule has 25 heavy (non-hydrogen) atoms. The maximum Gasteiger partial charge on any atom is 0.179 e. The molecule has 0 fully saturated rings. The van der Waals surface area contributed by atoms with Crippen LogP contribution in [0.5, 0.6) is 0 Å². The van der Waals surface area contributed by atoms with E-state index in [-0.39, 0.29) is 12.2 Å². The molecular formula is C20H18N2O2S. The van der Waals surface area contributed by atoms with Crippen LogP contribution in [0.3, 0.4) is 0 Å². The highest BCUT2D eigenvalue weighted by Crippen LogP contribution is 2.25. The van der Waals surface area contributed by atoms with Crippen LogP contribution in [0.25, 0.3) is 10.6 Å². The molecule has 0 radical (unpaired) electrons. The number of ketones is 1. The minimum Gasteiger partial charge on any atom is -0.391 e. The van der Waals surface area contributed by atoms with E-state index in [2.05, 4.69) is 10.1 Å². The van der Waals surface area contributed by atoms with Gasteiger partial charge in [0, 0.05) is 11.8 Å². The van der Waals surface area contributed by atoms with Crippen molar-refractivity contribution >= 4 is 23.3 Å². The Labute approximate surface area is 150 Å². The van der Waals surface area contributed by atoms with Crippen molar-refractivity contribution in [2.45, 2.75) is 20.0 Å². The number of Topliss-reactive ketones (excluding diaryl/α,β-unsaturated/α-hetero) is 1. The molecule has 4 nitrogen and oxygen atoms in total. The number of hydrogen-bond donors (Lipinski definition) is 0. The predicted octanol–water partition coefficient (Wildman–Crippen LogP) is 4.89. The van der Waals surface area contributed by atoms with Gasteiger partial charge in [-0.2, -0.15) is 0 Å². The Hall–Kier alpha value is -2.79. The molecule has 0 atom stereocenters. The summed E-state index contributed by atoms with van der Waals surface area (Å²) in [7, 11) is 0. The van der Waals surface area contributed by atoms with Crippen molar-refractivity contribution in [3.63, 3.8) is 0 Å². The smallest absolute Gasteiger partial charge is 0.179 e. The van der Waals surface area contributed by atoms with Gasteiger partial charge in [0.1, 0.15) is 11.6 Å². The molecule has 1 aromatic heterocycles. The van der Waals surface area contributed by atoms with Crippen LogP contribution in [0.15, 0.2) is 65.9 Å².